The number of aromatic nitrogens is 1. The standard InChI is InChI=1S/C25H29N3/c1-19-6-8-23(9-7-19)28(24-11-13-26-14-12-24)18-21-10-15-27-25(17-21)22-5-3-4-20(2)16-22/h3-10,15-17,24,26H,11-14,18H2,1-2H3. The first-order valence-corrected chi connectivity index (χ1v) is 10.2. The molecule has 3 aromatic rings. The topological polar surface area (TPSA) is 28.2 Å². The van der Waals surface area contributed by atoms with Crippen molar-refractivity contribution >= 4 is 5.69 Å². The Morgan fingerprint density at radius 3 is 2.46 bits per heavy atom. The molecule has 144 valence electrons. The Labute approximate surface area is 168 Å². The van der Waals surface area contributed by atoms with Gasteiger partial charge in [-0.25, -0.2) is 0 Å². The van der Waals surface area contributed by atoms with Crippen molar-refractivity contribution in [3.05, 3.63) is 83.6 Å². The van der Waals surface area contributed by atoms with Crippen molar-refractivity contribution in [1.29, 1.82) is 0 Å². The van der Waals surface area contributed by atoms with Gasteiger partial charge in [-0.3, -0.25) is 4.98 Å². The lowest BCUT2D eigenvalue weighted by molar-refractivity contribution is 0.428. The lowest BCUT2D eigenvalue weighted by atomic mass is 10.0. The first-order valence-electron chi connectivity index (χ1n) is 10.2. The third-order valence-corrected chi connectivity index (χ3v) is 5.61. The number of aryl methyl sites for hydroxylation is 2. The normalized spacial score (nSPS) is 14.8. The fraction of sp³-hybridized carbons (Fsp3) is 0.320. The van der Waals surface area contributed by atoms with Gasteiger partial charge in [0.2, 0.25) is 0 Å². The van der Waals surface area contributed by atoms with Crippen LogP contribution in [0.4, 0.5) is 5.69 Å². The molecule has 0 spiro atoms. The molecule has 1 saturated heterocycles. The van der Waals surface area contributed by atoms with E-state index in [2.05, 4.69) is 89.7 Å². The third kappa shape index (κ3) is 4.42. The van der Waals surface area contributed by atoms with Gasteiger partial charge in [-0.15, -0.1) is 0 Å². The predicted molar refractivity (Wildman–Crippen MR) is 118 cm³/mol. The summed E-state index contributed by atoms with van der Waals surface area (Å²) in [6.07, 6.45) is 4.32. The highest BCUT2D eigenvalue weighted by Gasteiger charge is 2.21. The summed E-state index contributed by atoms with van der Waals surface area (Å²) in [4.78, 5) is 7.21. The number of anilines is 1. The Balaban J connectivity index is 1.63. The average molecular weight is 372 g/mol. The van der Waals surface area contributed by atoms with Crippen LogP contribution in [0.3, 0.4) is 0 Å². The number of pyridine rings is 1. The molecule has 0 unspecified atom stereocenters. The molecule has 2 heterocycles. The minimum absolute atomic E-state index is 0.569. The quantitative estimate of drug-likeness (QED) is 0.674. The second kappa shape index (κ2) is 8.57. The Hall–Kier alpha value is -2.65. The molecule has 0 aliphatic carbocycles. The molecule has 0 bridgehead atoms. The molecule has 1 fully saturated rings. The van der Waals surface area contributed by atoms with E-state index in [4.69, 9.17) is 0 Å². The molecular weight excluding hydrogens is 342 g/mol. The summed E-state index contributed by atoms with van der Waals surface area (Å²) in [5.41, 5.74) is 7.43. The van der Waals surface area contributed by atoms with Crippen LogP contribution < -0.4 is 10.2 Å². The van der Waals surface area contributed by atoms with Crippen LogP contribution >= 0.6 is 0 Å². The maximum Gasteiger partial charge on any atom is 0.0705 e. The third-order valence-electron chi connectivity index (χ3n) is 5.61. The minimum atomic E-state index is 0.569. The van der Waals surface area contributed by atoms with Gasteiger partial charge in [0, 0.05) is 30.0 Å². The number of benzene rings is 2. The zero-order valence-corrected chi connectivity index (χ0v) is 16.9. The molecule has 1 aliphatic heterocycles. The summed E-state index contributed by atoms with van der Waals surface area (Å²) < 4.78 is 0. The van der Waals surface area contributed by atoms with Gasteiger partial charge in [-0.2, -0.15) is 0 Å². The number of hydrogen-bond acceptors (Lipinski definition) is 3. The summed E-state index contributed by atoms with van der Waals surface area (Å²) in [6, 6.07) is 22.5. The van der Waals surface area contributed by atoms with Crippen LogP contribution in [0, 0.1) is 13.8 Å². The highest BCUT2D eigenvalue weighted by molar-refractivity contribution is 5.61. The Morgan fingerprint density at radius 1 is 0.929 bits per heavy atom. The van der Waals surface area contributed by atoms with Gasteiger partial charge in [0.25, 0.3) is 0 Å². The number of rotatable bonds is 5. The van der Waals surface area contributed by atoms with E-state index in [0.717, 1.165) is 25.3 Å². The van der Waals surface area contributed by atoms with Crippen LogP contribution in [-0.4, -0.2) is 24.1 Å². The van der Waals surface area contributed by atoms with E-state index in [1.165, 1.54) is 40.8 Å². The van der Waals surface area contributed by atoms with Crippen LogP contribution in [0.25, 0.3) is 11.3 Å². The summed E-state index contributed by atoms with van der Waals surface area (Å²) in [7, 11) is 0. The fourth-order valence-corrected chi connectivity index (χ4v) is 4.02. The van der Waals surface area contributed by atoms with Gasteiger partial charge in [0.1, 0.15) is 0 Å². The molecule has 2 aromatic carbocycles. The zero-order valence-electron chi connectivity index (χ0n) is 16.9. The van der Waals surface area contributed by atoms with E-state index >= 15 is 0 Å². The number of nitrogens with zero attached hydrogens (tertiary/aromatic N) is 2. The van der Waals surface area contributed by atoms with Crippen LogP contribution in [0.15, 0.2) is 66.9 Å². The lowest BCUT2D eigenvalue weighted by Crippen LogP contribution is -2.43. The van der Waals surface area contributed by atoms with E-state index in [-0.39, 0.29) is 0 Å². The molecule has 0 atom stereocenters. The number of piperidine rings is 1. The predicted octanol–water partition coefficient (Wildman–Crippen LogP) is 5.12. The summed E-state index contributed by atoms with van der Waals surface area (Å²) in [6.45, 7) is 7.38. The maximum atomic E-state index is 4.63. The molecule has 0 amide bonds. The molecule has 3 nitrogen and oxygen atoms in total. The first kappa shape index (κ1) is 18.7. The number of nitrogens with one attached hydrogen (secondary N) is 1. The Kier molecular flexibility index (Phi) is 5.73. The molecule has 0 saturated carbocycles. The van der Waals surface area contributed by atoms with Crippen molar-refractivity contribution in [3.63, 3.8) is 0 Å². The van der Waals surface area contributed by atoms with Gasteiger partial charge in [0.15, 0.2) is 0 Å². The fourth-order valence-electron chi connectivity index (χ4n) is 4.02. The van der Waals surface area contributed by atoms with Crippen molar-refractivity contribution in [3.8, 4) is 11.3 Å². The van der Waals surface area contributed by atoms with Crippen LogP contribution in [0.1, 0.15) is 29.5 Å². The molecule has 1 aliphatic rings. The van der Waals surface area contributed by atoms with Crippen molar-refractivity contribution in [2.75, 3.05) is 18.0 Å². The van der Waals surface area contributed by atoms with E-state index < -0.39 is 0 Å². The van der Waals surface area contributed by atoms with Gasteiger partial charge in [-0.1, -0.05) is 41.5 Å². The second-order valence-corrected chi connectivity index (χ2v) is 7.86. The van der Waals surface area contributed by atoms with Crippen molar-refractivity contribution in [1.82, 2.24) is 10.3 Å². The molecular formula is C25H29N3. The number of hydrogen-bond donors (Lipinski definition) is 1. The van der Waals surface area contributed by atoms with Gasteiger partial charge in [-0.05, 0) is 75.7 Å². The highest BCUT2D eigenvalue weighted by atomic mass is 15.2. The lowest BCUT2D eigenvalue weighted by Gasteiger charge is -2.36. The van der Waals surface area contributed by atoms with Crippen LogP contribution in [0.2, 0.25) is 0 Å². The van der Waals surface area contributed by atoms with Crippen molar-refractivity contribution in [2.24, 2.45) is 0 Å². The van der Waals surface area contributed by atoms with Crippen molar-refractivity contribution < 1.29 is 0 Å². The minimum Gasteiger partial charge on any atom is -0.364 e. The molecule has 0 radical (unpaired) electrons. The van der Waals surface area contributed by atoms with Gasteiger partial charge >= 0.3 is 0 Å². The molecule has 1 aromatic heterocycles. The van der Waals surface area contributed by atoms with E-state index in [9.17, 15) is 0 Å². The Morgan fingerprint density at radius 2 is 1.71 bits per heavy atom. The van der Waals surface area contributed by atoms with Crippen molar-refractivity contribution in [2.45, 2.75) is 39.3 Å². The molecule has 4 rings (SSSR count). The van der Waals surface area contributed by atoms with E-state index in [0.29, 0.717) is 6.04 Å². The Bertz CT molecular complexity index is 911. The summed E-state index contributed by atoms with van der Waals surface area (Å²) in [5.74, 6) is 0. The molecule has 1 N–H and O–H groups in total. The second-order valence-electron chi connectivity index (χ2n) is 7.86. The van der Waals surface area contributed by atoms with Gasteiger partial charge < -0.3 is 10.2 Å². The molecule has 3 heteroatoms. The van der Waals surface area contributed by atoms with Gasteiger partial charge in [0.05, 0.1) is 5.69 Å². The van der Waals surface area contributed by atoms with Crippen LogP contribution in [-0.2, 0) is 6.54 Å². The maximum absolute atomic E-state index is 4.63. The summed E-state index contributed by atoms with van der Waals surface area (Å²) >= 11 is 0. The zero-order chi connectivity index (χ0) is 19.3. The monoisotopic (exact) mass is 371 g/mol. The average Bonchev–Trinajstić information content (AvgIpc) is 2.74. The SMILES string of the molecule is Cc1ccc(N(Cc2ccnc(-c3cccc(C)c3)c2)C2CCNCC2)cc1. The first-order chi connectivity index (χ1) is 13.7. The van der Waals surface area contributed by atoms with E-state index in [1.807, 2.05) is 6.20 Å². The van der Waals surface area contributed by atoms with E-state index in [1.54, 1.807) is 0 Å². The smallest absolute Gasteiger partial charge is 0.0705 e. The molecule has 28 heavy (non-hydrogen) atoms. The van der Waals surface area contributed by atoms with Crippen LogP contribution in [0.5, 0.6) is 0 Å². The highest BCUT2D eigenvalue weighted by Crippen LogP contribution is 2.26. The summed E-state index contributed by atoms with van der Waals surface area (Å²) in [5, 5.41) is 3.49. The largest absolute Gasteiger partial charge is 0.364 e.